The van der Waals surface area contributed by atoms with Gasteiger partial charge in [-0.2, -0.15) is 4.98 Å². The maximum atomic E-state index is 8.75. The fourth-order valence-corrected chi connectivity index (χ4v) is 1.93. The second-order valence-electron chi connectivity index (χ2n) is 5.21. The average Bonchev–Trinajstić information content (AvgIpc) is 3.00. The minimum atomic E-state index is 0.118. The van der Waals surface area contributed by atoms with Gasteiger partial charge in [0.05, 0.1) is 6.61 Å². The highest BCUT2D eigenvalue weighted by Gasteiger charge is 2.43. The number of hydrogen-bond donors (Lipinski definition) is 2. The molecule has 0 radical (unpaired) electrons. The van der Waals surface area contributed by atoms with Crippen molar-refractivity contribution in [1.29, 1.82) is 0 Å². The molecular weight excluding hydrogens is 242 g/mol. The van der Waals surface area contributed by atoms with Gasteiger partial charge in [-0.3, -0.25) is 0 Å². The van der Waals surface area contributed by atoms with Crippen molar-refractivity contribution in [2.24, 2.45) is 0 Å². The molecule has 2 N–H and O–H groups in total. The van der Waals surface area contributed by atoms with Crippen LogP contribution >= 0.6 is 0 Å². The van der Waals surface area contributed by atoms with Gasteiger partial charge in [0.25, 0.3) is 5.89 Å². The molecule has 1 aliphatic rings. The van der Waals surface area contributed by atoms with Gasteiger partial charge < -0.3 is 14.9 Å². The molecule has 0 atom stereocenters. The lowest BCUT2D eigenvalue weighted by Gasteiger charge is -2.03. The first-order chi connectivity index (χ1) is 9.21. The summed E-state index contributed by atoms with van der Waals surface area (Å²) >= 11 is 0. The molecule has 5 heteroatoms. The first-order valence-corrected chi connectivity index (χ1v) is 6.51. The number of nitrogens with one attached hydrogen (secondary N) is 1. The van der Waals surface area contributed by atoms with Crippen LogP contribution in [-0.4, -0.2) is 28.4 Å². The van der Waals surface area contributed by atoms with Gasteiger partial charge in [-0.15, -0.1) is 0 Å². The summed E-state index contributed by atoms with van der Waals surface area (Å²) in [6.45, 7) is 2.82. The fourth-order valence-electron chi connectivity index (χ4n) is 1.93. The molecule has 1 aliphatic carbocycles. The molecule has 2 aromatic rings. The van der Waals surface area contributed by atoms with E-state index >= 15 is 0 Å². The summed E-state index contributed by atoms with van der Waals surface area (Å²) in [5.74, 6) is 1.38. The van der Waals surface area contributed by atoms with Gasteiger partial charge in [0, 0.05) is 23.2 Å². The minimum absolute atomic E-state index is 0.118. The lowest BCUT2D eigenvalue weighted by atomic mass is 10.1. The number of aliphatic hydroxyl groups excluding tert-OH is 1. The minimum Gasteiger partial charge on any atom is -0.395 e. The SMILES string of the molecule is CC1(c2noc(-c3ccc(NCCO)cc3)n2)CC1. The molecule has 100 valence electrons. The predicted octanol–water partition coefficient (Wildman–Crippen LogP) is 2.19. The topological polar surface area (TPSA) is 71.2 Å². The number of rotatable bonds is 5. The fraction of sp³-hybridized carbons (Fsp3) is 0.429. The molecular formula is C14H17N3O2. The van der Waals surface area contributed by atoms with Crippen molar-refractivity contribution in [3.05, 3.63) is 30.1 Å². The van der Waals surface area contributed by atoms with Gasteiger partial charge in [0.1, 0.15) is 0 Å². The molecule has 1 saturated carbocycles. The zero-order valence-electron chi connectivity index (χ0n) is 10.9. The Bertz CT molecular complexity index is 558. The van der Waals surface area contributed by atoms with Crippen molar-refractivity contribution in [2.45, 2.75) is 25.2 Å². The van der Waals surface area contributed by atoms with Crippen LogP contribution < -0.4 is 5.32 Å². The molecule has 1 heterocycles. The van der Waals surface area contributed by atoms with E-state index in [-0.39, 0.29) is 12.0 Å². The maximum absolute atomic E-state index is 8.75. The number of benzene rings is 1. The van der Waals surface area contributed by atoms with Crippen LogP contribution in [0.4, 0.5) is 5.69 Å². The molecule has 5 nitrogen and oxygen atoms in total. The van der Waals surface area contributed by atoms with Gasteiger partial charge in [0.15, 0.2) is 5.82 Å². The second kappa shape index (κ2) is 4.66. The highest BCUT2D eigenvalue weighted by Crippen LogP contribution is 2.46. The summed E-state index contributed by atoms with van der Waals surface area (Å²) in [6, 6.07) is 7.75. The molecule has 0 unspecified atom stereocenters. The maximum Gasteiger partial charge on any atom is 0.257 e. The Morgan fingerprint density at radius 3 is 2.68 bits per heavy atom. The van der Waals surface area contributed by atoms with E-state index in [0.29, 0.717) is 12.4 Å². The van der Waals surface area contributed by atoms with Crippen LogP contribution in [0.1, 0.15) is 25.6 Å². The van der Waals surface area contributed by atoms with Crippen molar-refractivity contribution in [2.75, 3.05) is 18.5 Å². The van der Waals surface area contributed by atoms with Crippen LogP contribution in [0.25, 0.3) is 11.5 Å². The third-order valence-corrected chi connectivity index (χ3v) is 3.54. The van der Waals surface area contributed by atoms with E-state index in [1.54, 1.807) is 0 Å². The summed E-state index contributed by atoms with van der Waals surface area (Å²) in [7, 11) is 0. The third kappa shape index (κ3) is 2.46. The Labute approximate surface area is 111 Å². The van der Waals surface area contributed by atoms with Gasteiger partial charge in [-0.1, -0.05) is 12.1 Å². The van der Waals surface area contributed by atoms with Crippen LogP contribution in [-0.2, 0) is 5.41 Å². The largest absolute Gasteiger partial charge is 0.395 e. The van der Waals surface area contributed by atoms with Gasteiger partial charge in [-0.05, 0) is 37.1 Å². The summed E-state index contributed by atoms with van der Waals surface area (Å²) in [6.07, 6.45) is 2.27. The number of aliphatic hydroxyl groups is 1. The van der Waals surface area contributed by atoms with E-state index in [9.17, 15) is 0 Å². The zero-order chi connectivity index (χ0) is 13.3. The van der Waals surface area contributed by atoms with E-state index in [0.717, 1.165) is 29.9 Å². The van der Waals surface area contributed by atoms with Gasteiger partial charge >= 0.3 is 0 Å². The summed E-state index contributed by atoms with van der Waals surface area (Å²) in [4.78, 5) is 4.47. The highest BCUT2D eigenvalue weighted by atomic mass is 16.5. The number of anilines is 1. The second-order valence-corrected chi connectivity index (χ2v) is 5.21. The van der Waals surface area contributed by atoms with Gasteiger partial charge in [-0.25, -0.2) is 0 Å². The normalized spacial score (nSPS) is 16.3. The third-order valence-electron chi connectivity index (χ3n) is 3.54. The van der Waals surface area contributed by atoms with Crippen molar-refractivity contribution in [3.8, 4) is 11.5 Å². The van der Waals surface area contributed by atoms with E-state index in [2.05, 4.69) is 22.4 Å². The summed E-state index contributed by atoms with van der Waals surface area (Å²) in [5, 5.41) is 15.9. The molecule has 3 rings (SSSR count). The lowest BCUT2D eigenvalue weighted by molar-refractivity contribution is 0.311. The van der Waals surface area contributed by atoms with Crippen LogP contribution in [0.5, 0.6) is 0 Å². The Hall–Kier alpha value is -1.88. The van der Waals surface area contributed by atoms with Crippen LogP contribution in [0.3, 0.4) is 0 Å². The first-order valence-electron chi connectivity index (χ1n) is 6.51. The Balaban J connectivity index is 1.76. The molecule has 0 bridgehead atoms. The Morgan fingerprint density at radius 1 is 1.32 bits per heavy atom. The monoisotopic (exact) mass is 259 g/mol. The molecule has 1 aromatic heterocycles. The molecule has 0 aliphatic heterocycles. The predicted molar refractivity (Wildman–Crippen MR) is 71.9 cm³/mol. The number of aromatic nitrogens is 2. The van der Waals surface area contributed by atoms with E-state index in [4.69, 9.17) is 9.63 Å². The number of nitrogens with zero attached hydrogens (tertiary/aromatic N) is 2. The summed E-state index contributed by atoms with van der Waals surface area (Å²) in [5.41, 5.74) is 2.01. The highest BCUT2D eigenvalue weighted by molar-refractivity contribution is 5.58. The smallest absolute Gasteiger partial charge is 0.257 e. The molecule has 0 saturated heterocycles. The van der Waals surface area contributed by atoms with E-state index < -0.39 is 0 Å². The average molecular weight is 259 g/mol. The molecule has 0 spiro atoms. The van der Waals surface area contributed by atoms with Crippen molar-refractivity contribution in [1.82, 2.24) is 10.1 Å². The zero-order valence-corrected chi connectivity index (χ0v) is 10.9. The molecule has 1 fully saturated rings. The number of hydrogen-bond acceptors (Lipinski definition) is 5. The van der Waals surface area contributed by atoms with E-state index in [1.807, 2.05) is 24.3 Å². The Kier molecular flexibility index (Phi) is 2.98. The Morgan fingerprint density at radius 2 is 2.05 bits per heavy atom. The molecule has 1 aromatic carbocycles. The quantitative estimate of drug-likeness (QED) is 0.861. The molecule has 19 heavy (non-hydrogen) atoms. The van der Waals surface area contributed by atoms with Crippen LogP contribution in [0.2, 0.25) is 0 Å². The first kappa shape index (κ1) is 12.2. The van der Waals surface area contributed by atoms with Crippen LogP contribution in [0, 0.1) is 0 Å². The standard InChI is InChI=1S/C14H17N3O2/c1-14(6-7-14)13-16-12(19-17-13)10-2-4-11(5-3-10)15-8-9-18/h2-5,15,18H,6-9H2,1H3. The van der Waals surface area contributed by atoms with E-state index in [1.165, 1.54) is 0 Å². The molecule has 0 amide bonds. The van der Waals surface area contributed by atoms with Crippen molar-refractivity contribution < 1.29 is 9.63 Å². The van der Waals surface area contributed by atoms with Gasteiger partial charge in [0.2, 0.25) is 0 Å². The van der Waals surface area contributed by atoms with Crippen LogP contribution in [0.15, 0.2) is 28.8 Å². The van der Waals surface area contributed by atoms with Crippen molar-refractivity contribution in [3.63, 3.8) is 0 Å². The summed E-state index contributed by atoms with van der Waals surface area (Å²) < 4.78 is 5.32. The lowest BCUT2D eigenvalue weighted by Crippen LogP contribution is -2.04. The van der Waals surface area contributed by atoms with Crippen molar-refractivity contribution >= 4 is 5.69 Å².